The lowest BCUT2D eigenvalue weighted by molar-refractivity contribution is 0.100. The van der Waals surface area contributed by atoms with Gasteiger partial charge in [0, 0.05) is 16.5 Å². The molecule has 6 nitrogen and oxygen atoms in total. The van der Waals surface area contributed by atoms with E-state index >= 15 is 0 Å². The molecule has 0 aliphatic rings. The maximum atomic E-state index is 11.7. The van der Waals surface area contributed by atoms with Gasteiger partial charge >= 0.3 is 0 Å². The number of hydrogen-bond acceptors (Lipinski definition) is 4. The lowest BCUT2D eigenvalue weighted by Crippen LogP contribution is -2.10. The first kappa shape index (κ1) is 18.3. The highest BCUT2D eigenvalue weighted by atomic mass is 32.2. The van der Waals surface area contributed by atoms with E-state index in [0.29, 0.717) is 16.8 Å². The van der Waals surface area contributed by atoms with Crippen LogP contribution in [0.2, 0.25) is 0 Å². The fraction of sp³-hybridized carbons (Fsp3) is 0.0435. The van der Waals surface area contributed by atoms with E-state index in [1.807, 2.05) is 61.5 Å². The molecule has 7 heteroatoms. The molecular weight excluding hydrogens is 396 g/mol. The summed E-state index contributed by atoms with van der Waals surface area (Å²) in [6.45, 7) is 2.02. The fourth-order valence-corrected chi connectivity index (χ4v) is 4.62. The van der Waals surface area contributed by atoms with E-state index in [-0.39, 0.29) is 0 Å². The smallest absolute Gasteiger partial charge is 0.248 e. The topological polar surface area (TPSA) is 96.9 Å². The van der Waals surface area contributed by atoms with Gasteiger partial charge in [0.2, 0.25) is 5.91 Å². The second-order valence-corrected chi connectivity index (χ2v) is 8.11. The van der Waals surface area contributed by atoms with Crippen molar-refractivity contribution in [1.82, 2.24) is 14.7 Å². The average Bonchev–Trinajstić information content (AvgIpc) is 3.27. The van der Waals surface area contributed by atoms with E-state index in [1.165, 1.54) is 11.8 Å². The third-order valence-corrected chi connectivity index (χ3v) is 6.08. The third-order valence-electron chi connectivity index (χ3n) is 5.07. The molecule has 4 N–H and O–H groups in total. The number of carbonyl (C=O) groups excluding carboxylic acids is 1. The van der Waals surface area contributed by atoms with Crippen LogP contribution in [-0.4, -0.2) is 25.8 Å². The predicted octanol–water partition coefficient (Wildman–Crippen LogP) is 4.98. The quantitative estimate of drug-likeness (QED) is 0.361. The Morgan fingerprint density at radius 2 is 1.87 bits per heavy atom. The predicted molar refractivity (Wildman–Crippen MR) is 118 cm³/mol. The third kappa shape index (κ3) is 3.00. The first-order valence-electron chi connectivity index (χ1n) is 9.38. The van der Waals surface area contributed by atoms with Gasteiger partial charge in [0.15, 0.2) is 5.16 Å². The number of para-hydroxylation sites is 2. The maximum Gasteiger partial charge on any atom is 0.248 e. The molecule has 0 radical (unpaired) electrons. The second kappa shape index (κ2) is 6.96. The number of nitrogens with one attached hydrogen (secondary N) is 1. The number of nitrogens with zero attached hydrogens (tertiary/aromatic N) is 2. The molecule has 0 atom stereocenters. The molecular formula is C23H18N4O2S. The minimum atomic E-state index is -0.540. The molecule has 0 aliphatic heterocycles. The minimum Gasteiger partial charge on any atom is -0.428 e. The number of imidazole rings is 1. The van der Waals surface area contributed by atoms with E-state index in [9.17, 15) is 10.0 Å². The molecule has 148 valence electrons. The van der Waals surface area contributed by atoms with Crippen LogP contribution >= 0.6 is 11.8 Å². The summed E-state index contributed by atoms with van der Waals surface area (Å²) in [6, 6.07) is 20.8. The van der Waals surface area contributed by atoms with Gasteiger partial charge in [0.05, 0.1) is 21.4 Å². The van der Waals surface area contributed by atoms with Crippen molar-refractivity contribution >= 4 is 39.6 Å². The summed E-state index contributed by atoms with van der Waals surface area (Å²) in [6.07, 6.45) is 0. The van der Waals surface area contributed by atoms with Crippen LogP contribution in [0, 0.1) is 6.92 Å². The number of carbonyl (C=O) groups is 1. The molecule has 0 bridgehead atoms. The van der Waals surface area contributed by atoms with Gasteiger partial charge in [-0.15, -0.1) is 0 Å². The Bertz CT molecular complexity index is 1380. The Kier molecular flexibility index (Phi) is 4.25. The standard InChI is InChI=1S/C23H18N4O2S/c1-13-6-8-14(9-7-13)20-21(30-23-25-17-4-2-3-5-18(17)26-23)16-11-10-15(22(24)28)12-19(16)27(20)29/h2-12,29H,1H3,(H2,24,28)(H,25,26). The van der Waals surface area contributed by atoms with Crippen molar-refractivity contribution in [1.29, 1.82) is 0 Å². The Morgan fingerprint density at radius 3 is 2.60 bits per heavy atom. The first-order chi connectivity index (χ1) is 14.5. The van der Waals surface area contributed by atoms with Gasteiger partial charge in [-0.1, -0.05) is 48.0 Å². The van der Waals surface area contributed by atoms with Gasteiger partial charge in [-0.25, -0.2) is 4.98 Å². The number of aromatic nitrogens is 3. The number of fused-ring (bicyclic) bond motifs is 2. The number of primary amides is 1. The average molecular weight is 414 g/mol. The normalized spacial score (nSPS) is 11.4. The summed E-state index contributed by atoms with van der Waals surface area (Å²) in [7, 11) is 0. The molecule has 0 saturated heterocycles. The Labute approximate surface area is 176 Å². The van der Waals surface area contributed by atoms with Crippen molar-refractivity contribution in [3.05, 3.63) is 77.9 Å². The van der Waals surface area contributed by atoms with Crippen LogP contribution in [0.15, 0.2) is 76.8 Å². The van der Waals surface area contributed by atoms with Crippen LogP contribution in [0.5, 0.6) is 0 Å². The summed E-state index contributed by atoms with van der Waals surface area (Å²) in [5, 5.41) is 12.6. The highest BCUT2D eigenvalue weighted by Crippen LogP contribution is 2.42. The SMILES string of the molecule is Cc1ccc(-c2c(Sc3nc4ccccc4[nH]3)c3ccc(C(N)=O)cc3n2O)cc1. The summed E-state index contributed by atoms with van der Waals surface area (Å²) in [5.74, 6) is -0.540. The number of benzene rings is 3. The van der Waals surface area contributed by atoms with E-state index < -0.39 is 5.91 Å². The van der Waals surface area contributed by atoms with Gasteiger partial charge in [-0.3, -0.25) is 4.79 Å². The molecule has 0 spiro atoms. The van der Waals surface area contributed by atoms with Crippen molar-refractivity contribution in [2.75, 3.05) is 0 Å². The highest BCUT2D eigenvalue weighted by Gasteiger charge is 2.22. The second-order valence-electron chi connectivity index (χ2n) is 7.11. The van der Waals surface area contributed by atoms with E-state index in [0.717, 1.165) is 42.3 Å². The molecule has 0 unspecified atom stereocenters. The Hall–Kier alpha value is -3.71. The molecule has 1 amide bonds. The summed E-state index contributed by atoms with van der Waals surface area (Å²) in [4.78, 5) is 20.5. The van der Waals surface area contributed by atoms with Crippen molar-refractivity contribution in [2.24, 2.45) is 5.73 Å². The molecule has 0 fully saturated rings. The van der Waals surface area contributed by atoms with Crippen LogP contribution in [0.4, 0.5) is 0 Å². The number of hydrogen-bond donors (Lipinski definition) is 3. The number of H-pyrrole nitrogens is 1. The monoisotopic (exact) mass is 414 g/mol. The van der Waals surface area contributed by atoms with Crippen molar-refractivity contribution in [3.8, 4) is 11.3 Å². The number of nitrogens with two attached hydrogens (primary N) is 1. The zero-order chi connectivity index (χ0) is 20.8. The van der Waals surface area contributed by atoms with E-state index in [2.05, 4.69) is 9.97 Å². The van der Waals surface area contributed by atoms with Gasteiger partial charge in [-0.05, 0) is 43.0 Å². The molecule has 2 aromatic heterocycles. The molecule has 30 heavy (non-hydrogen) atoms. The molecule has 5 rings (SSSR count). The van der Waals surface area contributed by atoms with Crippen LogP contribution in [0.1, 0.15) is 15.9 Å². The molecule has 0 saturated carbocycles. The molecule has 0 aliphatic carbocycles. The Balaban J connectivity index is 1.74. The minimum absolute atomic E-state index is 0.339. The zero-order valence-electron chi connectivity index (χ0n) is 16.1. The van der Waals surface area contributed by atoms with Gasteiger partial charge in [0.25, 0.3) is 0 Å². The van der Waals surface area contributed by atoms with Crippen LogP contribution in [0.25, 0.3) is 33.2 Å². The lowest BCUT2D eigenvalue weighted by atomic mass is 10.1. The van der Waals surface area contributed by atoms with Crippen molar-refractivity contribution < 1.29 is 10.0 Å². The molecule has 5 aromatic rings. The largest absolute Gasteiger partial charge is 0.428 e. The van der Waals surface area contributed by atoms with E-state index in [4.69, 9.17) is 5.73 Å². The number of amides is 1. The Morgan fingerprint density at radius 1 is 1.10 bits per heavy atom. The number of rotatable bonds is 4. The zero-order valence-corrected chi connectivity index (χ0v) is 16.9. The highest BCUT2D eigenvalue weighted by molar-refractivity contribution is 7.99. The number of aromatic amines is 1. The van der Waals surface area contributed by atoms with Crippen LogP contribution in [0.3, 0.4) is 0 Å². The van der Waals surface area contributed by atoms with Gasteiger partial charge in [-0.2, -0.15) is 4.73 Å². The van der Waals surface area contributed by atoms with Crippen molar-refractivity contribution in [3.63, 3.8) is 0 Å². The molecule has 2 heterocycles. The number of aryl methyl sites for hydroxylation is 1. The van der Waals surface area contributed by atoms with Gasteiger partial charge in [0.1, 0.15) is 5.69 Å². The maximum absolute atomic E-state index is 11.7. The summed E-state index contributed by atoms with van der Waals surface area (Å²) < 4.78 is 1.12. The van der Waals surface area contributed by atoms with Gasteiger partial charge < -0.3 is 15.9 Å². The summed E-state index contributed by atoms with van der Waals surface area (Å²) >= 11 is 1.44. The van der Waals surface area contributed by atoms with Crippen molar-refractivity contribution in [2.45, 2.75) is 17.0 Å². The first-order valence-corrected chi connectivity index (χ1v) is 10.2. The molecule has 3 aromatic carbocycles. The van der Waals surface area contributed by atoms with E-state index in [1.54, 1.807) is 12.1 Å². The van der Waals surface area contributed by atoms with Crippen LogP contribution in [-0.2, 0) is 0 Å². The van der Waals surface area contributed by atoms with Crippen LogP contribution < -0.4 is 5.73 Å². The fourth-order valence-electron chi connectivity index (χ4n) is 3.54. The lowest BCUT2D eigenvalue weighted by Gasteiger charge is -2.06. The summed E-state index contributed by atoms with van der Waals surface area (Å²) in [5.41, 5.74) is 10.7.